The van der Waals surface area contributed by atoms with Crippen molar-refractivity contribution in [2.24, 2.45) is 5.92 Å². The Kier molecular flexibility index (Phi) is 10.00. The summed E-state index contributed by atoms with van der Waals surface area (Å²) in [6, 6.07) is 33.9. The van der Waals surface area contributed by atoms with Gasteiger partial charge in [-0.3, -0.25) is 4.79 Å². The lowest BCUT2D eigenvalue weighted by Crippen LogP contribution is -2.50. The van der Waals surface area contributed by atoms with Gasteiger partial charge >= 0.3 is 0 Å². The maximum absolute atomic E-state index is 12.6. The molecular weight excluding hydrogens is 604 g/mol. The second-order valence-corrected chi connectivity index (χ2v) is 13.1. The van der Waals surface area contributed by atoms with Crippen molar-refractivity contribution in [3.8, 4) is 11.1 Å². The van der Waals surface area contributed by atoms with Crippen LogP contribution in [0.4, 0.5) is 0 Å². The van der Waals surface area contributed by atoms with Crippen LogP contribution in [0, 0.1) is 5.92 Å². The fourth-order valence-corrected chi connectivity index (χ4v) is 7.01. The molecule has 48 heavy (non-hydrogen) atoms. The normalized spacial score (nSPS) is 24.0. The van der Waals surface area contributed by atoms with Crippen LogP contribution in [-0.2, 0) is 32.1 Å². The number of nitrogens with zero attached hydrogens (tertiary/aromatic N) is 1. The Bertz CT molecular complexity index is 1650. The van der Waals surface area contributed by atoms with Gasteiger partial charge in [0.1, 0.15) is 0 Å². The third kappa shape index (κ3) is 7.39. The van der Waals surface area contributed by atoms with Gasteiger partial charge in [-0.1, -0.05) is 91.9 Å². The molecule has 2 N–H and O–H groups in total. The highest BCUT2D eigenvalue weighted by atomic mass is 16.7. The third-order valence-electron chi connectivity index (χ3n) is 9.93. The Balaban J connectivity index is 1.06. The first-order valence-electron chi connectivity index (χ1n) is 17.0. The minimum absolute atomic E-state index is 0.0111. The first kappa shape index (κ1) is 32.6. The maximum atomic E-state index is 12.6. The van der Waals surface area contributed by atoms with Gasteiger partial charge in [-0.2, -0.15) is 0 Å². The van der Waals surface area contributed by atoms with Crippen LogP contribution in [0.5, 0.6) is 0 Å². The molecule has 4 atom stereocenters. The van der Waals surface area contributed by atoms with E-state index in [1.807, 2.05) is 54.6 Å². The van der Waals surface area contributed by atoms with Crippen molar-refractivity contribution < 1.29 is 28.8 Å². The summed E-state index contributed by atoms with van der Waals surface area (Å²) in [5.74, 6) is -0.384. The van der Waals surface area contributed by atoms with E-state index >= 15 is 0 Å². The number of benzene rings is 4. The number of nitrogens with one attached hydrogen (secondary N) is 1. The Hall–Kier alpha value is -3.89. The van der Waals surface area contributed by atoms with E-state index in [0.717, 1.165) is 65.9 Å². The summed E-state index contributed by atoms with van der Waals surface area (Å²) in [6.45, 7) is 6.62. The van der Waals surface area contributed by atoms with Gasteiger partial charge in [0.05, 0.1) is 32.0 Å². The smallest absolute Gasteiger partial charge is 0.251 e. The van der Waals surface area contributed by atoms with Crippen LogP contribution in [0.3, 0.4) is 0 Å². The van der Waals surface area contributed by atoms with E-state index in [9.17, 15) is 9.90 Å². The van der Waals surface area contributed by atoms with E-state index in [-0.39, 0.29) is 30.6 Å². The minimum Gasteiger partial charge on any atom is -0.392 e. The van der Waals surface area contributed by atoms with E-state index in [2.05, 4.69) is 65.7 Å². The van der Waals surface area contributed by atoms with Crippen molar-refractivity contribution in [2.45, 2.75) is 57.2 Å². The van der Waals surface area contributed by atoms with Gasteiger partial charge in [0.25, 0.3) is 5.91 Å². The quantitative estimate of drug-likeness (QED) is 0.217. The zero-order valence-corrected chi connectivity index (χ0v) is 27.4. The Labute approximate surface area is 282 Å². The molecule has 0 aromatic heterocycles. The van der Waals surface area contributed by atoms with E-state index in [0.29, 0.717) is 25.3 Å². The predicted molar refractivity (Wildman–Crippen MR) is 183 cm³/mol. The van der Waals surface area contributed by atoms with Gasteiger partial charge < -0.3 is 34.3 Å². The fraction of sp³-hybridized carbons (Fsp3) is 0.375. The number of amides is 1. The predicted octanol–water partition coefficient (Wildman–Crippen LogP) is 6.41. The van der Waals surface area contributed by atoms with E-state index in [1.54, 1.807) is 0 Å². The second kappa shape index (κ2) is 14.7. The zero-order valence-electron chi connectivity index (χ0n) is 27.4. The summed E-state index contributed by atoms with van der Waals surface area (Å²) < 4.78 is 25.4. The van der Waals surface area contributed by atoms with Gasteiger partial charge in [-0.05, 0) is 46.0 Å². The standard InChI is InChI=1S/C40H44N2O6/c1-28-36(26-42-20-18-40(19-21-42)45-22-23-46-40)47-39(48-37(28)32-12-10-29(27-43)11-13-32)34-16-14-31(15-17-34)35-9-5-6-30(24-35)25-41-38(44)33-7-3-2-4-8-33/h2-17,24,28,36-37,39,43H,18-23,25-27H2,1H3,(H,41,44)/t28-,36+,37+,39+/m0/s1. The first-order chi connectivity index (χ1) is 23.5. The number of hydrogen-bond donors (Lipinski definition) is 2. The van der Waals surface area contributed by atoms with Crippen molar-refractivity contribution in [3.05, 3.63) is 131 Å². The molecule has 3 aliphatic rings. The van der Waals surface area contributed by atoms with Crippen LogP contribution in [0.1, 0.15) is 64.8 Å². The number of carbonyl (C=O) groups excluding carboxylic acids is 1. The molecule has 3 saturated heterocycles. The molecule has 0 saturated carbocycles. The summed E-state index contributed by atoms with van der Waals surface area (Å²) in [7, 11) is 0. The fourth-order valence-electron chi connectivity index (χ4n) is 7.01. The lowest BCUT2D eigenvalue weighted by Gasteiger charge is -2.44. The van der Waals surface area contributed by atoms with Crippen LogP contribution in [0.25, 0.3) is 11.1 Å². The first-order valence-corrected chi connectivity index (χ1v) is 17.0. The number of piperidine rings is 1. The van der Waals surface area contributed by atoms with Gasteiger partial charge in [-0.15, -0.1) is 0 Å². The summed E-state index contributed by atoms with van der Waals surface area (Å²) in [5, 5.41) is 12.6. The van der Waals surface area contributed by atoms with Gasteiger partial charge in [-0.25, -0.2) is 0 Å². The molecule has 0 aliphatic carbocycles. The molecule has 4 aromatic rings. The second-order valence-electron chi connectivity index (χ2n) is 13.1. The molecule has 8 heteroatoms. The van der Waals surface area contributed by atoms with E-state index in [4.69, 9.17) is 18.9 Å². The number of likely N-dealkylation sites (tertiary alicyclic amines) is 1. The SMILES string of the molecule is C[C@H]1[C@@H](CN2CCC3(CC2)OCCO3)O[C@@H](c2ccc(-c3cccc(CNC(=O)c4ccccc4)c3)cc2)O[C@H]1c1ccc(CO)cc1. The summed E-state index contributed by atoms with van der Waals surface area (Å²) in [5.41, 5.74) is 6.75. The molecule has 3 fully saturated rings. The molecule has 3 heterocycles. The molecule has 4 aromatic carbocycles. The summed E-state index contributed by atoms with van der Waals surface area (Å²) >= 11 is 0. The highest BCUT2D eigenvalue weighted by Crippen LogP contribution is 2.43. The molecule has 7 rings (SSSR count). The van der Waals surface area contributed by atoms with Crippen LogP contribution in [0.15, 0.2) is 103 Å². The number of aliphatic hydroxyl groups excluding tert-OH is 1. The Morgan fingerprint density at radius 2 is 1.52 bits per heavy atom. The topological polar surface area (TPSA) is 89.5 Å². The van der Waals surface area contributed by atoms with Crippen LogP contribution in [0.2, 0.25) is 0 Å². The van der Waals surface area contributed by atoms with Crippen LogP contribution < -0.4 is 5.32 Å². The number of rotatable bonds is 9. The average Bonchev–Trinajstić information content (AvgIpc) is 3.61. The minimum atomic E-state index is -0.528. The number of ether oxygens (including phenoxy) is 4. The molecule has 250 valence electrons. The van der Waals surface area contributed by atoms with Crippen molar-refractivity contribution in [1.82, 2.24) is 10.2 Å². The van der Waals surface area contributed by atoms with Crippen molar-refractivity contribution in [1.29, 1.82) is 0 Å². The molecule has 0 unspecified atom stereocenters. The van der Waals surface area contributed by atoms with Crippen LogP contribution in [-0.4, -0.2) is 60.7 Å². The lowest BCUT2D eigenvalue weighted by molar-refractivity contribution is -0.278. The highest BCUT2D eigenvalue weighted by Gasteiger charge is 2.43. The third-order valence-corrected chi connectivity index (χ3v) is 9.93. The number of aliphatic hydroxyl groups is 1. The molecule has 1 amide bonds. The average molecular weight is 649 g/mol. The number of hydrogen-bond acceptors (Lipinski definition) is 7. The van der Waals surface area contributed by atoms with Crippen molar-refractivity contribution in [2.75, 3.05) is 32.8 Å². The van der Waals surface area contributed by atoms with Crippen LogP contribution >= 0.6 is 0 Å². The van der Waals surface area contributed by atoms with Crippen molar-refractivity contribution >= 4 is 5.91 Å². The number of carbonyl (C=O) groups is 1. The highest BCUT2D eigenvalue weighted by molar-refractivity contribution is 5.94. The molecule has 1 spiro atoms. The van der Waals surface area contributed by atoms with Gasteiger partial charge in [0, 0.05) is 56.1 Å². The van der Waals surface area contributed by atoms with Gasteiger partial charge in [0.15, 0.2) is 12.1 Å². The molecular formula is C40H44N2O6. The Morgan fingerprint density at radius 1 is 0.812 bits per heavy atom. The largest absolute Gasteiger partial charge is 0.392 e. The summed E-state index contributed by atoms with van der Waals surface area (Å²) in [6.07, 6.45) is 0.985. The van der Waals surface area contributed by atoms with Crippen molar-refractivity contribution in [3.63, 3.8) is 0 Å². The maximum Gasteiger partial charge on any atom is 0.251 e. The molecule has 0 radical (unpaired) electrons. The Morgan fingerprint density at radius 3 is 2.23 bits per heavy atom. The molecule has 3 aliphatic heterocycles. The lowest BCUT2D eigenvalue weighted by atomic mass is 9.89. The summed E-state index contributed by atoms with van der Waals surface area (Å²) in [4.78, 5) is 15.0. The zero-order chi connectivity index (χ0) is 32.9. The molecule has 0 bridgehead atoms. The van der Waals surface area contributed by atoms with E-state index in [1.165, 1.54) is 0 Å². The monoisotopic (exact) mass is 648 g/mol. The van der Waals surface area contributed by atoms with E-state index < -0.39 is 12.1 Å². The van der Waals surface area contributed by atoms with Gasteiger partial charge in [0.2, 0.25) is 0 Å². The molecule has 8 nitrogen and oxygen atoms in total.